The van der Waals surface area contributed by atoms with Crippen LogP contribution in [-0.2, 0) is 6.18 Å². The summed E-state index contributed by atoms with van der Waals surface area (Å²) in [7, 11) is 0. The molecule has 0 bridgehead atoms. The smallest absolute Gasteiger partial charge is 0.386 e. The Morgan fingerprint density at radius 1 is 1.05 bits per heavy atom. The zero-order valence-corrected chi connectivity index (χ0v) is 10.9. The summed E-state index contributed by atoms with van der Waals surface area (Å²) in [5.41, 5.74) is -0.481. The molecule has 21 heavy (non-hydrogen) atoms. The molecule has 0 spiro atoms. The number of nitrogens with one attached hydrogen (secondary N) is 1. The normalized spacial score (nSPS) is 13.0. The number of rotatable bonds is 4. The van der Waals surface area contributed by atoms with Crippen LogP contribution in [0.1, 0.15) is 17.2 Å². The fraction of sp³-hybridized carbons (Fsp3) is 0.200. The third kappa shape index (κ3) is 3.95. The maximum atomic E-state index is 13.4. The van der Waals surface area contributed by atoms with Crippen molar-refractivity contribution in [1.82, 2.24) is 0 Å². The molecule has 0 aromatic heterocycles. The van der Waals surface area contributed by atoms with Gasteiger partial charge in [0.1, 0.15) is 5.82 Å². The van der Waals surface area contributed by atoms with Crippen LogP contribution in [0.25, 0.3) is 0 Å². The van der Waals surface area contributed by atoms with Gasteiger partial charge in [-0.05, 0) is 24.3 Å². The molecule has 1 atom stereocenters. The maximum Gasteiger partial charge on any atom is 0.416 e. The van der Waals surface area contributed by atoms with Crippen molar-refractivity contribution >= 4 is 5.69 Å². The van der Waals surface area contributed by atoms with Crippen LogP contribution in [0.15, 0.2) is 48.5 Å². The van der Waals surface area contributed by atoms with Crippen LogP contribution in [0.3, 0.4) is 0 Å². The van der Waals surface area contributed by atoms with Crippen molar-refractivity contribution in [3.8, 4) is 0 Å². The summed E-state index contributed by atoms with van der Waals surface area (Å²) in [6, 6.07) is 10.3. The minimum Gasteiger partial charge on any atom is -0.386 e. The number of halogens is 4. The first-order chi connectivity index (χ1) is 9.88. The Morgan fingerprint density at radius 2 is 1.76 bits per heavy atom. The van der Waals surface area contributed by atoms with Gasteiger partial charge in [-0.2, -0.15) is 13.2 Å². The average molecular weight is 299 g/mol. The number of hydrogen-bond donors (Lipinski definition) is 2. The van der Waals surface area contributed by atoms with Crippen LogP contribution in [0.4, 0.5) is 23.2 Å². The highest BCUT2D eigenvalue weighted by atomic mass is 19.4. The highest BCUT2D eigenvalue weighted by Gasteiger charge is 2.30. The highest BCUT2D eigenvalue weighted by Crippen LogP contribution is 2.30. The second kappa shape index (κ2) is 6.13. The molecule has 0 aliphatic carbocycles. The van der Waals surface area contributed by atoms with E-state index in [1.54, 1.807) is 6.07 Å². The van der Waals surface area contributed by atoms with Crippen molar-refractivity contribution in [2.75, 3.05) is 11.9 Å². The van der Waals surface area contributed by atoms with E-state index >= 15 is 0 Å². The SMILES string of the molecule is OC(CNc1cccc(C(F)(F)F)c1)c1ccccc1F. The molecular formula is C15H13F4NO. The summed E-state index contributed by atoms with van der Waals surface area (Å²) in [5, 5.41) is 12.5. The maximum absolute atomic E-state index is 13.4. The zero-order valence-electron chi connectivity index (χ0n) is 10.9. The van der Waals surface area contributed by atoms with Crippen LogP contribution in [-0.4, -0.2) is 11.7 Å². The quantitative estimate of drug-likeness (QED) is 0.837. The van der Waals surface area contributed by atoms with Crippen molar-refractivity contribution < 1.29 is 22.7 Å². The number of aliphatic hydroxyl groups excluding tert-OH is 1. The first-order valence-corrected chi connectivity index (χ1v) is 6.21. The van der Waals surface area contributed by atoms with Crippen molar-refractivity contribution in [2.24, 2.45) is 0 Å². The second-order valence-electron chi connectivity index (χ2n) is 4.50. The number of alkyl halides is 3. The molecule has 0 heterocycles. The Kier molecular flexibility index (Phi) is 4.47. The predicted octanol–water partition coefficient (Wildman–Crippen LogP) is 3.99. The molecule has 0 aliphatic rings. The minimum absolute atomic E-state index is 0.0944. The zero-order chi connectivity index (χ0) is 15.5. The van der Waals surface area contributed by atoms with Gasteiger partial charge < -0.3 is 10.4 Å². The van der Waals surface area contributed by atoms with E-state index in [-0.39, 0.29) is 17.8 Å². The number of benzene rings is 2. The van der Waals surface area contributed by atoms with E-state index in [2.05, 4.69) is 5.32 Å². The molecule has 2 aromatic rings. The summed E-state index contributed by atoms with van der Waals surface area (Å²) >= 11 is 0. The van der Waals surface area contributed by atoms with Gasteiger partial charge in [0, 0.05) is 17.8 Å². The summed E-state index contributed by atoms with van der Waals surface area (Å²) in [4.78, 5) is 0. The van der Waals surface area contributed by atoms with Gasteiger partial charge in [0.25, 0.3) is 0 Å². The van der Waals surface area contributed by atoms with Crippen molar-refractivity contribution in [1.29, 1.82) is 0 Å². The van der Waals surface area contributed by atoms with E-state index < -0.39 is 23.7 Å². The van der Waals surface area contributed by atoms with Gasteiger partial charge >= 0.3 is 6.18 Å². The predicted molar refractivity (Wildman–Crippen MR) is 71.3 cm³/mol. The molecule has 112 valence electrons. The molecule has 6 heteroatoms. The molecule has 2 aromatic carbocycles. The van der Waals surface area contributed by atoms with Crippen LogP contribution in [0, 0.1) is 5.82 Å². The number of hydrogen-bond acceptors (Lipinski definition) is 2. The summed E-state index contributed by atoms with van der Waals surface area (Å²) in [6.07, 6.45) is -5.58. The number of anilines is 1. The van der Waals surface area contributed by atoms with Gasteiger partial charge in [-0.3, -0.25) is 0 Å². The molecule has 0 saturated heterocycles. The van der Waals surface area contributed by atoms with Gasteiger partial charge in [0.2, 0.25) is 0 Å². The molecule has 2 N–H and O–H groups in total. The van der Waals surface area contributed by atoms with Gasteiger partial charge in [-0.25, -0.2) is 4.39 Å². The lowest BCUT2D eigenvalue weighted by Gasteiger charge is -2.15. The summed E-state index contributed by atoms with van der Waals surface area (Å²) in [5.74, 6) is -0.559. The van der Waals surface area contributed by atoms with Gasteiger partial charge in [0.05, 0.1) is 11.7 Å². The van der Waals surface area contributed by atoms with E-state index in [9.17, 15) is 22.7 Å². The largest absolute Gasteiger partial charge is 0.416 e. The first-order valence-electron chi connectivity index (χ1n) is 6.21. The topological polar surface area (TPSA) is 32.3 Å². The van der Waals surface area contributed by atoms with Crippen LogP contribution in [0.2, 0.25) is 0 Å². The Morgan fingerprint density at radius 3 is 2.43 bits per heavy atom. The lowest BCUT2D eigenvalue weighted by molar-refractivity contribution is -0.137. The number of aliphatic hydroxyl groups is 1. The Bertz CT molecular complexity index is 613. The monoisotopic (exact) mass is 299 g/mol. The highest BCUT2D eigenvalue weighted by molar-refractivity contribution is 5.46. The lowest BCUT2D eigenvalue weighted by Crippen LogP contribution is -2.14. The van der Waals surface area contributed by atoms with Crippen molar-refractivity contribution in [2.45, 2.75) is 12.3 Å². The van der Waals surface area contributed by atoms with Crippen LogP contribution >= 0.6 is 0 Å². The molecule has 0 radical (unpaired) electrons. The van der Waals surface area contributed by atoms with Crippen molar-refractivity contribution in [3.63, 3.8) is 0 Å². The van der Waals surface area contributed by atoms with E-state index in [1.807, 2.05) is 0 Å². The first kappa shape index (κ1) is 15.3. The molecule has 0 aliphatic heterocycles. The standard InChI is InChI=1S/C15H13F4NO/c16-13-7-2-1-6-12(13)14(21)9-20-11-5-3-4-10(8-11)15(17,18)19/h1-8,14,20-21H,9H2. The van der Waals surface area contributed by atoms with E-state index in [0.717, 1.165) is 12.1 Å². The molecule has 2 rings (SSSR count). The van der Waals surface area contributed by atoms with Gasteiger partial charge in [-0.1, -0.05) is 24.3 Å². The Balaban J connectivity index is 2.05. The van der Waals surface area contributed by atoms with E-state index in [0.29, 0.717) is 0 Å². The average Bonchev–Trinajstić information content (AvgIpc) is 2.45. The Hall–Kier alpha value is -2.08. The van der Waals surface area contributed by atoms with E-state index in [4.69, 9.17) is 0 Å². The lowest BCUT2D eigenvalue weighted by atomic mass is 10.1. The summed E-state index contributed by atoms with van der Waals surface area (Å²) < 4.78 is 51.1. The Labute approximate surface area is 119 Å². The summed E-state index contributed by atoms with van der Waals surface area (Å²) in [6.45, 7) is -0.0950. The third-order valence-corrected chi connectivity index (χ3v) is 2.95. The minimum atomic E-state index is -4.43. The molecule has 1 unspecified atom stereocenters. The third-order valence-electron chi connectivity index (χ3n) is 2.95. The second-order valence-corrected chi connectivity index (χ2v) is 4.50. The van der Waals surface area contributed by atoms with E-state index in [1.165, 1.54) is 30.3 Å². The van der Waals surface area contributed by atoms with Gasteiger partial charge in [0.15, 0.2) is 0 Å². The van der Waals surface area contributed by atoms with Crippen LogP contribution in [0.5, 0.6) is 0 Å². The molecule has 0 saturated carbocycles. The van der Waals surface area contributed by atoms with Crippen LogP contribution < -0.4 is 5.32 Å². The van der Waals surface area contributed by atoms with Crippen molar-refractivity contribution in [3.05, 3.63) is 65.5 Å². The molecule has 0 amide bonds. The fourth-order valence-corrected chi connectivity index (χ4v) is 1.88. The fourth-order valence-electron chi connectivity index (χ4n) is 1.88. The molecular weight excluding hydrogens is 286 g/mol. The molecule has 0 fully saturated rings. The molecule has 2 nitrogen and oxygen atoms in total. The van der Waals surface area contributed by atoms with Gasteiger partial charge in [-0.15, -0.1) is 0 Å².